The van der Waals surface area contributed by atoms with E-state index in [1.807, 2.05) is 6.92 Å². The van der Waals surface area contributed by atoms with E-state index in [0.717, 1.165) is 12.1 Å². The van der Waals surface area contributed by atoms with Crippen molar-refractivity contribution in [3.05, 3.63) is 23.8 Å². The molecule has 0 aliphatic rings. The van der Waals surface area contributed by atoms with Crippen LogP contribution >= 0.6 is 0 Å². The van der Waals surface area contributed by atoms with Crippen LogP contribution in [0.1, 0.15) is 23.7 Å². The molecule has 0 bridgehead atoms. The van der Waals surface area contributed by atoms with Crippen molar-refractivity contribution in [2.24, 2.45) is 0 Å². The Balaban J connectivity index is 2.89. The first-order valence-electron chi connectivity index (χ1n) is 6.49. The number of benzene rings is 1. The van der Waals surface area contributed by atoms with Gasteiger partial charge in [0.1, 0.15) is 0 Å². The molecule has 0 aliphatic heterocycles. The fourth-order valence-corrected chi connectivity index (χ4v) is 2.47. The summed E-state index contributed by atoms with van der Waals surface area (Å²) in [7, 11) is 2.62. The summed E-state index contributed by atoms with van der Waals surface area (Å²) >= 11 is 0. The van der Waals surface area contributed by atoms with Crippen molar-refractivity contribution in [3.63, 3.8) is 0 Å². The van der Waals surface area contributed by atoms with Crippen molar-refractivity contribution in [1.82, 2.24) is 4.90 Å². The van der Waals surface area contributed by atoms with Gasteiger partial charge in [0.15, 0.2) is 0 Å². The normalized spacial score (nSPS) is 13.6. The number of nitrogens with one attached hydrogen (secondary N) is 1. The number of carbonyl (C=O) groups excluding carboxylic acids is 1. The predicted octanol–water partition coefficient (Wildman–Crippen LogP) is 1.54. The summed E-state index contributed by atoms with van der Waals surface area (Å²) < 4.78 is 11.1. The number of hydrogen-bond acceptors (Lipinski definition) is 4. The predicted molar refractivity (Wildman–Crippen MR) is 85.5 cm³/mol. The molecular formula is C14H23N3O2S. The SMILES string of the molecule is CC(CCS(C)=O)Nc1cc(N)ccc1C(=O)N(C)C. The molecule has 0 aromatic heterocycles. The van der Waals surface area contributed by atoms with E-state index in [0.29, 0.717) is 17.0 Å². The van der Waals surface area contributed by atoms with Crippen molar-refractivity contribution < 1.29 is 9.00 Å². The number of nitrogens with two attached hydrogens (primary N) is 1. The van der Waals surface area contributed by atoms with Crippen molar-refractivity contribution in [2.75, 3.05) is 37.2 Å². The molecule has 1 aromatic carbocycles. The van der Waals surface area contributed by atoms with E-state index in [9.17, 15) is 9.00 Å². The zero-order valence-corrected chi connectivity index (χ0v) is 13.3. The molecule has 2 unspecified atom stereocenters. The number of rotatable bonds is 6. The monoisotopic (exact) mass is 297 g/mol. The summed E-state index contributed by atoms with van der Waals surface area (Å²) in [5, 5.41) is 3.28. The average molecular weight is 297 g/mol. The lowest BCUT2D eigenvalue weighted by Crippen LogP contribution is -2.25. The average Bonchev–Trinajstić information content (AvgIpc) is 2.35. The first-order valence-corrected chi connectivity index (χ1v) is 8.21. The Morgan fingerprint density at radius 1 is 1.45 bits per heavy atom. The Hall–Kier alpha value is -1.56. The van der Waals surface area contributed by atoms with Crippen molar-refractivity contribution in [1.29, 1.82) is 0 Å². The van der Waals surface area contributed by atoms with E-state index in [4.69, 9.17) is 5.73 Å². The lowest BCUT2D eigenvalue weighted by atomic mass is 10.1. The maximum atomic E-state index is 12.1. The summed E-state index contributed by atoms with van der Waals surface area (Å²) in [6, 6.07) is 5.32. The molecule has 0 radical (unpaired) electrons. The third kappa shape index (κ3) is 4.85. The molecule has 0 saturated heterocycles. The molecule has 1 aromatic rings. The van der Waals surface area contributed by atoms with Gasteiger partial charge in [-0.25, -0.2) is 0 Å². The number of nitrogens with zero attached hydrogens (tertiary/aromatic N) is 1. The summed E-state index contributed by atoms with van der Waals surface area (Å²) in [6.45, 7) is 2.00. The Morgan fingerprint density at radius 3 is 2.65 bits per heavy atom. The molecule has 5 nitrogen and oxygen atoms in total. The van der Waals surface area contributed by atoms with Crippen LogP contribution in [0.5, 0.6) is 0 Å². The zero-order chi connectivity index (χ0) is 15.3. The van der Waals surface area contributed by atoms with Gasteiger partial charge in [-0.15, -0.1) is 0 Å². The molecule has 3 N–H and O–H groups in total. The van der Waals surface area contributed by atoms with E-state index in [1.54, 1.807) is 38.6 Å². The second-order valence-electron chi connectivity index (χ2n) is 5.12. The van der Waals surface area contributed by atoms with Crippen LogP contribution in [0.15, 0.2) is 18.2 Å². The van der Waals surface area contributed by atoms with E-state index in [-0.39, 0.29) is 11.9 Å². The van der Waals surface area contributed by atoms with Crippen LogP contribution in [0.25, 0.3) is 0 Å². The molecule has 20 heavy (non-hydrogen) atoms. The number of hydrogen-bond donors (Lipinski definition) is 2. The molecular weight excluding hydrogens is 274 g/mol. The fourth-order valence-electron chi connectivity index (χ4n) is 1.79. The highest BCUT2D eigenvalue weighted by molar-refractivity contribution is 7.84. The topological polar surface area (TPSA) is 75.4 Å². The highest BCUT2D eigenvalue weighted by Crippen LogP contribution is 2.21. The smallest absolute Gasteiger partial charge is 0.255 e. The highest BCUT2D eigenvalue weighted by atomic mass is 32.2. The molecule has 6 heteroatoms. The van der Waals surface area contributed by atoms with Crippen molar-refractivity contribution in [3.8, 4) is 0 Å². The number of carbonyl (C=O) groups is 1. The van der Waals surface area contributed by atoms with Crippen molar-refractivity contribution in [2.45, 2.75) is 19.4 Å². The number of amides is 1. The second kappa shape index (κ2) is 7.28. The van der Waals surface area contributed by atoms with Gasteiger partial charge in [-0.2, -0.15) is 0 Å². The Kier molecular flexibility index (Phi) is 6.01. The lowest BCUT2D eigenvalue weighted by molar-refractivity contribution is 0.0828. The Bertz CT molecular complexity index is 503. The summed E-state index contributed by atoms with van der Waals surface area (Å²) in [5.74, 6) is 0.562. The van der Waals surface area contributed by atoms with Gasteiger partial charge in [0.25, 0.3) is 5.91 Å². The van der Waals surface area contributed by atoms with E-state index in [2.05, 4.69) is 5.32 Å². The first-order chi connectivity index (χ1) is 9.31. The van der Waals surface area contributed by atoms with Crippen LogP contribution in [0, 0.1) is 0 Å². The maximum absolute atomic E-state index is 12.1. The van der Waals surface area contributed by atoms with Gasteiger partial charge in [0.2, 0.25) is 0 Å². The van der Waals surface area contributed by atoms with Crippen LogP contribution in [-0.2, 0) is 10.8 Å². The molecule has 0 spiro atoms. The standard InChI is InChI=1S/C14H23N3O2S/c1-10(7-8-20(4)19)16-13-9-11(15)5-6-12(13)14(18)17(2)3/h5-6,9-10,16H,7-8,15H2,1-4H3. The van der Waals surface area contributed by atoms with E-state index in [1.165, 1.54) is 4.90 Å². The molecule has 1 amide bonds. The molecule has 0 heterocycles. The Morgan fingerprint density at radius 2 is 2.10 bits per heavy atom. The summed E-state index contributed by atoms with van der Waals surface area (Å²) in [4.78, 5) is 13.7. The van der Waals surface area contributed by atoms with Crippen LogP contribution in [0.3, 0.4) is 0 Å². The molecule has 0 saturated carbocycles. The van der Waals surface area contributed by atoms with Gasteiger partial charge < -0.3 is 16.0 Å². The largest absolute Gasteiger partial charge is 0.399 e. The molecule has 0 aliphatic carbocycles. The summed E-state index contributed by atoms with van der Waals surface area (Å²) in [6.07, 6.45) is 2.46. The van der Waals surface area contributed by atoms with Gasteiger partial charge in [-0.05, 0) is 31.5 Å². The van der Waals surface area contributed by atoms with Crippen molar-refractivity contribution >= 4 is 28.1 Å². The minimum absolute atomic E-state index is 0.0706. The molecule has 2 atom stereocenters. The minimum Gasteiger partial charge on any atom is -0.399 e. The summed E-state index contributed by atoms with van der Waals surface area (Å²) in [5.41, 5.74) is 7.71. The molecule has 0 fully saturated rings. The minimum atomic E-state index is -0.810. The van der Waals surface area contributed by atoms with Crippen LogP contribution < -0.4 is 11.1 Å². The van der Waals surface area contributed by atoms with Gasteiger partial charge in [-0.1, -0.05) is 0 Å². The van der Waals surface area contributed by atoms with E-state index < -0.39 is 10.8 Å². The quantitative estimate of drug-likeness (QED) is 0.781. The third-order valence-electron chi connectivity index (χ3n) is 2.92. The van der Waals surface area contributed by atoms with E-state index >= 15 is 0 Å². The first kappa shape index (κ1) is 16.5. The third-order valence-corrected chi connectivity index (χ3v) is 3.73. The van der Waals surface area contributed by atoms with Crippen LogP contribution in [-0.4, -0.2) is 47.2 Å². The zero-order valence-electron chi connectivity index (χ0n) is 12.5. The fraction of sp³-hybridized carbons (Fsp3) is 0.500. The number of nitrogen functional groups attached to an aromatic ring is 1. The lowest BCUT2D eigenvalue weighted by Gasteiger charge is -2.19. The highest BCUT2D eigenvalue weighted by Gasteiger charge is 2.15. The van der Waals surface area contributed by atoms with Gasteiger partial charge >= 0.3 is 0 Å². The van der Waals surface area contributed by atoms with Crippen LogP contribution in [0.2, 0.25) is 0 Å². The van der Waals surface area contributed by atoms with Gasteiger partial charge in [0, 0.05) is 54.3 Å². The van der Waals surface area contributed by atoms with Gasteiger partial charge in [0.05, 0.1) is 5.56 Å². The maximum Gasteiger partial charge on any atom is 0.255 e. The Labute approximate surface area is 123 Å². The molecule has 112 valence electrons. The molecule has 1 rings (SSSR count). The van der Waals surface area contributed by atoms with Crippen LogP contribution in [0.4, 0.5) is 11.4 Å². The van der Waals surface area contributed by atoms with Gasteiger partial charge in [-0.3, -0.25) is 9.00 Å². The second-order valence-corrected chi connectivity index (χ2v) is 6.67. The number of anilines is 2.